The normalized spacial score (nSPS) is 14.4. The van der Waals surface area contributed by atoms with Gasteiger partial charge in [0.25, 0.3) is 0 Å². The highest BCUT2D eigenvalue weighted by Crippen LogP contribution is 2.13. The Morgan fingerprint density at radius 1 is 0.944 bits per heavy atom. The molecule has 194 valence electrons. The van der Waals surface area contributed by atoms with Crippen LogP contribution >= 0.6 is 12.6 Å². The Balaban J connectivity index is 1.97. The Bertz CT molecular complexity index is 1020. The molecule has 9 nitrogen and oxygen atoms in total. The lowest BCUT2D eigenvalue weighted by Crippen LogP contribution is -2.53. The molecule has 2 amide bonds. The van der Waals surface area contributed by atoms with E-state index in [0.717, 1.165) is 5.56 Å². The number of pyridine rings is 1. The van der Waals surface area contributed by atoms with E-state index in [-0.39, 0.29) is 36.7 Å². The number of nitrogens with one attached hydrogen (secondary N) is 2. The minimum Gasteiger partial charge on any atom is -0.480 e. The number of nitrogens with zero attached hydrogens (tertiary/aromatic N) is 1. The van der Waals surface area contributed by atoms with Crippen LogP contribution in [-0.4, -0.2) is 57.0 Å². The first-order valence-corrected chi connectivity index (χ1v) is 12.4. The fourth-order valence-electron chi connectivity index (χ4n) is 3.59. The van der Waals surface area contributed by atoms with Gasteiger partial charge in [-0.05, 0) is 42.9 Å². The number of benzene rings is 1. The Kier molecular flexibility index (Phi) is 11.6. The fraction of sp³-hybridized carbons (Fsp3) is 0.423. The number of aliphatic carboxylic acids is 1. The molecule has 0 aliphatic heterocycles. The van der Waals surface area contributed by atoms with Gasteiger partial charge in [-0.1, -0.05) is 50.2 Å². The molecule has 0 bridgehead atoms. The van der Waals surface area contributed by atoms with Gasteiger partial charge in [-0.3, -0.25) is 19.4 Å². The Morgan fingerprint density at radius 2 is 1.58 bits per heavy atom. The van der Waals surface area contributed by atoms with E-state index in [1.165, 1.54) is 6.20 Å². The third-order valence-corrected chi connectivity index (χ3v) is 6.04. The number of carbonyl (C=O) groups is 4. The minimum atomic E-state index is -1.17. The Labute approximate surface area is 216 Å². The molecule has 1 heterocycles. The van der Waals surface area contributed by atoms with Crippen LogP contribution in [0.2, 0.25) is 0 Å². The van der Waals surface area contributed by atoms with E-state index >= 15 is 0 Å². The maximum atomic E-state index is 13.0. The van der Waals surface area contributed by atoms with Gasteiger partial charge in [-0.2, -0.15) is 12.6 Å². The van der Waals surface area contributed by atoms with Crippen LogP contribution in [-0.2, 0) is 20.8 Å². The maximum absolute atomic E-state index is 13.0. The van der Waals surface area contributed by atoms with Crippen LogP contribution < -0.4 is 16.4 Å². The number of Topliss-reactive ketones (excluding diaryl/α,β-unsaturated/α-hetero) is 1. The van der Waals surface area contributed by atoms with E-state index in [9.17, 15) is 24.3 Å². The molecular formula is C26H34N4O5S. The molecule has 0 saturated heterocycles. The summed E-state index contributed by atoms with van der Waals surface area (Å²) in [5, 5.41) is 14.0. The third-order valence-electron chi connectivity index (χ3n) is 5.55. The van der Waals surface area contributed by atoms with E-state index in [0.29, 0.717) is 6.42 Å². The van der Waals surface area contributed by atoms with Gasteiger partial charge in [0.2, 0.25) is 11.8 Å². The zero-order chi connectivity index (χ0) is 26.7. The van der Waals surface area contributed by atoms with Crippen molar-refractivity contribution in [2.45, 2.75) is 62.9 Å². The topological polar surface area (TPSA) is 151 Å². The molecule has 0 aliphatic rings. The fourth-order valence-corrected chi connectivity index (χ4v) is 3.81. The first-order chi connectivity index (χ1) is 17.1. The van der Waals surface area contributed by atoms with E-state index in [4.69, 9.17) is 5.73 Å². The van der Waals surface area contributed by atoms with Crippen LogP contribution in [0.4, 0.5) is 0 Å². The molecular weight excluding hydrogens is 480 g/mol. The second-order valence-electron chi connectivity index (χ2n) is 9.06. The molecule has 36 heavy (non-hydrogen) atoms. The summed E-state index contributed by atoms with van der Waals surface area (Å²) in [5.74, 6) is -2.51. The van der Waals surface area contributed by atoms with Gasteiger partial charge in [0.1, 0.15) is 17.8 Å². The van der Waals surface area contributed by atoms with E-state index in [1.807, 2.05) is 19.9 Å². The lowest BCUT2D eigenvalue weighted by atomic mass is 10.0. The van der Waals surface area contributed by atoms with E-state index in [1.54, 1.807) is 42.5 Å². The number of nitrogens with two attached hydrogens (primary N) is 1. The quantitative estimate of drug-likeness (QED) is 0.191. The van der Waals surface area contributed by atoms with Crippen LogP contribution in [0.1, 0.15) is 49.2 Å². The molecule has 0 aliphatic carbocycles. The second kappa shape index (κ2) is 14.4. The van der Waals surface area contributed by atoms with Crippen LogP contribution in [0.25, 0.3) is 0 Å². The van der Waals surface area contributed by atoms with E-state index in [2.05, 4.69) is 28.2 Å². The van der Waals surface area contributed by atoms with Crippen molar-refractivity contribution in [3.8, 4) is 0 Å². The lowest BCUT2D eigenvalue weighted by Gasteiger charge is -2.24. The predicted molar refractivity (Wildman–Crippen MR) is 140 cm³/mol. The van der Waals surface area contributed by atoms with Crippen LogP contribution in [0.3, 0.4) is 0 Å². The second-order valence-corrected chi connectivity index (χ2v) is 9.68. The number of aromatic nitrogens is 1. The van der Waals surface area contributed by atoms with Crippen molar-refractivity contribution in [2.75, 3.05) is 0 Å². The standard InChI is InChI=1S/C26H34N4O5S/c1-16(2)14-20(24(32)30-21(26(34)35)15-17-8-4-3-5-9-17)29-25(33)22(36)12-11-18(27)23(31)19-10-6-7-13-28-19/h3-10,13,16,18,20-22,36H,11-12,14-15,27H2,1-2H3,(H,29,33)(H,30,32)(H,34,35)/t18?,20?,21-,22?/m0/s1. The van der Waals surface area contributed by atoms with Crippen molar-refractivity contribution in [3.05, 3.63) is 66.0 Å². The summed E-state index contributed by atoms with van der Waals surface area (Å²) in [7, 11) is 0. The van der Waals surface area contributed by atoms with Crippen molar-refractivity contribution >= 4 is 36.2 Å². The lowest BCUT2D eigenvalue weighted by molar-refractivity contribution is -0.142. The van der Waals surface area contributed by atoms with Gasteiger partial charge in [0.15, 0.2) is 5.78 Å². The Hall–Kier alpha value is -3.24. The number of ketones is 1. The number of hydrogen-bond acceptors (Lipinski definition) is 7. The summed E-state index contributed by atoms with van der Waals surface area (Å²) in [4.78, 5) is 53.9. The number of carboxylic acids is 1. The number of carbonyl (C=O) groups excluding carboxylic acids is 3. The van der Waals surface area contributed by atoms with Gasteiger partial charge < -0.3 is 21.5 Å². The van der Waals surface area contributed by atoms with E-state index < -0.39 is 41.2 Å². The largest absolute Gasteiger partial charge is 0.480 e. The number of amides is 2. The van der Waals surface area contributed by atoms with Crippen molar-refractivity contribution < 1.29 is 24.3 Å². The van der Waals surface area contributed by atoms with Crippen molar-refractivity contribution in [2.24, 2.45) is 11.7 Å². The van der Waals surface area contributed by atoms with Gasteiger partial charge in [-0.25, -0.2) is 4.79 Å². The summed E-state index contributed by atoms with van der Waals surface area (Å²) >= 11 is 4.34. The molecule has 0 radical (unpaired) electrons. The summed E-state index contributed by atoms with van der Waals surface area (Å²) in [6.07, 6.45) is 2.34. The highest BCUT2D eigenvalue weighted by Gasteiger charge is 2.29. The molecule has 3 unspecified atom stereocenters. The molecule has 2 aromatic rings. The molecule has 0 fully saturated rings. The van der Waals surface area contributed by atoms with Crippen molar-refractivity contribution in [3.63, 3.8) is 0 Å². The zero-order valence-electron chi connectivity index (χ0n) is 20.5. The third kappa shape index (κ3) is 9.43. The van der Waals surface area contributed by atoms with Crippen LogP contribution in [0.15, 0.2) is 54.7 Å². The Morgan fingerprint density at radius 3 is 2.17 bits per heavy atom. The van der Waals surface area contributed by atoms with Gasteiger partial charge in [0, 0.05) is 12.6 Å². The zero-order valence-corrected chi connectivity index (χ0v) is 21.4. The molecule has 1 aromatic carbocycles. The first-order valence-electron chi connectivity index (χ1n) is 11.8. The first kappa shape index (κ1) is 29.0. The maximum Gasteiger partial charge on any atom is 0.326 e. The number of thiol groups is 1. The predicted octanol–water partition coefficient (Wildman–Crippen LogP) is 2.01. The number of carboxylic acid groups (broad SMARTS) is 1. The number of rotatable bonds is 14. The molecule has 1 aromatic heterocycles. The summed E-state index contributed by atoms with van der Waals surface area (Å²) in [6, 6.07) is 11.0. The van der Waals surface area contributed by atoms with Crippen LogP contribution in [0, 0.1) is 5.92 Å². The van der Waals surface area contributed by atoms with Gasteiger partial charge in [-0.15, -0.1) is 0 Å². The smallest absolute Gasteiger partial charge is 0.326 e. The molecule has 0 spiro atoms. The molecule has 5 N–H and O–H groups in total. The summed E-state index contributed by atoms with van der Waals surface area (Å²) in [5.41, 5.74) is 7.00. The van der Waals surface area contributed by atoms with Crippen molar-refractivity contribution in [1.82, 2.24) is 15.6 Å². The average Bonchev–Trinajstić information content (AvgIpc) is 2.86. The highest BCUT2D eigenvalue weighted by molar-refractivity contribution is 7.81. The molecule has 10 heteroatoms. The minimum absolute atomic E-state index is 0.0567. The summed E-state index contributed by atoms with van der Waals surface area (Å²) < 4.78 is 0. The summed E-state index contributed by atoms with van der Waals surface area (Å²) in [6.45, 7) is 3.79. The molecule has 2 rings (SSSR count). The van der Waals surface area contributed by atoms with Crippen LogP contribution in [0.5, 0.6) is 0 Å². The van der Waals surface area contributed by atoms with Gasteiger partial charge in [0.05, 0.1) is 11.3 Å². The number of hydrogen-bond donors (Lipinski definition) is 5. The highest BCUT2D eigenvalue weighted by atomic mass is 32.1. The molecule has 0 saturated carbocycles. The average molecular weight is 515 g/mol. The SMILES string of the molecule is CC(C)CC(NC(=O)C(S)CCC(N)C(=O)c1ccccn1)C(=O)N[C@@H](Cc1ccccc1)C(=O)O. The monoisotopic (exact) mass is 514 g/mol. The van der Waals surface area contributed by atoms with Gasteiger partial charge >= 0.3 is 5.97 Å². The van der Waals surface area contributed by atoms with Crippen molar-refractivity contribution in [1.29, 1.82) is 0 Å². The molecule has 4 atom stereocenters.